The van der Waals surface area contributed by atoms with E-state index >= 15 is 0 Å². The van der Waals surface area contributed by atoms with Gasteiger partial charge in [-0.05, 0) is 48.0 Å². The summed E-state index contributed by atoms with van der Waals surface area (Å²) in [5.74, 6) is 0.630. The van der Waals surface area contributed by atoms with Crippen molar-refractivity contribution in [2.75, 3.05) is 7.11 Å². The van der Waals surface area contributed by atoms with E-state index in [0.29, 0.717) is 11.6 Å². The van der Waals surface area contributed by atoms with Crippen molar-refractivity contribution < 1.29 is 9.53 Å². The molecule has 0 saturated carbocycles. The van der Waals surface area contributed by atoms with Gasteiger partial charge in [-0.3, -0.25) is 4.79 Å². The lowest BCUT2D eigenvalue weighted by molar-refractivity contribution is -0.116. The molecule has 132 valence electrons. The highest BCUT2D eigenvalue weighted by Gasteiger charge is 2.04. The third-order valence-electron chi connectivity index (χ3n) is 3.62. The summed E-state index contributed by atoms with van der Waals surface area (Å²) in [6.07, 6.45) is 3.19. The molecule has 1 N–H and O–H groups in total. The second-order valence-electron chi connectivity index (χ2n) is 5.49. The third kappa shape index (κ3) is 4.94. The highest BCUT2D eigenvalue weighted by molar-refractivity contribution is 7.13. The molecule has 3 rings (SSSR count). The first-order valence-corrected chi connectivity index (χ1v) is 9.20. The summed E-state index contributed by atoms with van der Waals surface area (Å²) in [4.78, 5) is 16.5. The number of nitrogens with one attached hydrogen (secondary N) is 1. The van der Waals surface area contributed by atoms with Gasteiger partial charge in [0.2, 0.25) is 5.91 Å². The summed E-state index contributed by atoms with van der Waals surface area (Å²) >= 11 is 7.46. The maximum Gasteiger partial charge on any atom is 0.244 e. The number of benzene rings is 2. The Hall–Kier alpha value is -2.63. The summed E-state index contributed by atoms with van der Waals surface area (Å²) in [6, 6.07) is 15.1. The predicted molar refractivity (Wildman–Crippen MR) is 106 cm³/mol. The molecule has 0 aliphatic rings. The molecule has 0 radical (unpaired) electrons. The van der Waals surface area contributed by atoms with Gasteiger partial charge >= 0.3 is 0 Å². The molecule has 0 aliphatic carbocycles. The van der Waals surface area contributed by atoms with Crippen LogP contribution >= 0.6 is 22.9 Å². The molecule has 6 heteroatoms. The zero-order valence-corrected chi connectivity index (χ0v) is 15.7. The minimum atomic E-state index is -0.177. The fourth-order valence-electron chi connectivity index (χ4n) is 2.28. The predicted octanol–water partition coefficient (Wildman–Crippen LogP) is 4.80. The summed E-state index contributed by atoms with van der Waals surface area (Å²) < 4.78 is 5.16. The van der Waals surface area contributed by atoms with Crippen molar-refractivity contribution in [1.29, 1.82) is 0 Å². The lowest BCUT2D eigenvalue weighted by atomic mass is 10.2. The number of methoxy groups -OCH3 is 1. The number of carbonyl (C=O) groups excluding carboxylic acids is 1. The van der Waals surface area contributed by atoms with E-state index in [2.05, 4.69) is 10.3 Å². The number of aromatic nitrogens is 1. The second kappa shape index (κ2) is 8.65. The van der Waals surface area contributed by atoms with Gasteiger partial charge in [-0.1, -0.05) is 23.7 Å². The SMILES string of the molecule is COc1ccc(-c2nc(C=CC(=O)NCc3cccc(Cl)c3)cs2)cc1. The molecule has 0 fully saturated rings. The molecule has 1 amide bonds. The topological polar surface area (TPSA) is 51.2 Å². The molecular formula is C20H17ClN2O2S. The Bertz CT molecular complexity index is 920. The quantitative estimate of drug-likeness (QED) is 0.621. The first-order chi connectivity index (χ1) is 12.6. The Morgan fingerprint density at radius 3 is 2.81 bits per heavy atom. The largest absolute Gasteiger partial charge is 0.497 e. The number of hydrogen-bond donors (Lipinski definition) is 1. The Morgan fingerprint density at radius 1 is 1.27 bits per heavy atom. The maximum atomic E-state index is 12.0. The lowest BCUT2D eigenvalue weighted by Gasteiger charge is -2.02. The Morgan fingerprint density at radius 2 is 2.08 bits per heavy atom. The van der Waals surface area contributed by atoms with Gasteiger partial charge in [0, 0.05) is 28.6 Å². The molecule has 26 heavy (non-hydrogen) atoms. The molecule has 0 spiro atoms. The van der Waals surface area contributed by atoms with Crippen molar-refractivity contribution >= 4 is 34.9 Å². The fourth-order valence-corrected chi connectivity index (χ4v) is 3.29. The molecule has 0 unspecified atom stereocenters. The average Bonchev–Trinajstić information content (AvgIpc) is 3.14. The molecular weight excluding hydrogens is 368 g/mol. The van der Waals surface area contributed by atoms with Crippen LogP contribution < -0.4 is 10.1 Å². The number of ether oxygens (including phenoxy) is 1. The summed E-state index contributed by atoms with van der Waals surface area (Å²) in [6.45, 7) is 0.428. The molecule has 3 aromatic rings. The van der Waals surface area contributed by atoms with Crippen molar-refractivity contribution in [3.63, 3.8) is 0 Å². The minimum Gasteiger partial charge on any atom is -0.497 e. The number of halogens is 1. The van der Waals surface area contributed by atoms with Crippen molar-refractivity contribution in [3.05, 3.63) is 76.3 Å². The molecule has 0 aliphatic heterocycles. The van der Waals surface area contributed by atoms with Crippen LogP contribution in [0.25, 0.3) is 16.6 Å². The highest BCUT2D eigenvalue weighted by Crippen LogP contribution is 2.26. The van der Waals surface area contributed by atoms with Crippen molar-refractivity contribution in [1.82, 2.24) is 10.3 Å². The van der Waals surface area contributed by atoms with Crippen LogP contribution in [-0.4, -0.2) is 18.0 Å². The van der Waals surface area contributed by atoms with E-state index < -0.39 is 0 Å². The lowest BCUT2D eigenvalue weighted by Crippen LogP contribution is -2.20. The highest BCUT2D eigenvalue weighted by atomic mass is 35.5. The van der Waals surface area contributed by atoms with Gasteiger partial charge in [0.1, 0.15) is 10.8 Å². The number of nitrogens with zero attached hydrogens (tertiary/aromatic N) is 1. The summed E-state index contributed by atoms with van der Waals surface area (Å²) in [5, 5.41) is 6.29. The van der Waals surface area contributed by atoms with E-state index in [0.717, 1.165) is 27.6 Å². The third-order valence-corrected chi connectivity index (χ3v) is 4.76. The Balaban J connectivity index is 1.58. The van der Waals surface area contributed by atoms with Gasteiger partial charge in [-0.25, -0.2) is 4.98 Å². The monoisotopic (exact) mass is 384 g/mol. The maximum absolute atomic E-state index is 12.0. The van der Waals surface area contributed by atoms with E-state index in [-0.39, 0.29) is 5.91 Å². The van der Waals surface area contributed by atoms with Gasteiger partial charge in [0.05, 0.1) is 12.8 Å². The van der Waals surface area contributed by atoms with Gasteiger partial charge in [-0.15, -0.1) is 11.3 Å². The average molecular weight is 385 g/mol. The van der Waals surface area contributed by atoms with Crippen LogP contribution in [0, 0.1) is 0 Å². The van der Waals surface area contributed by atoms with Crippen LogP contribution in [0.1, 0.15) is 11.3 Å². The van der Waals surface area contributed by atoms with E-state index in [1.54, 1.807) is 19.3 Å². The van der Waals surface area contributed by atoms with Crippen molar-refractivity contribution in [2.45, 2.75) is 6.54 Å². The Labute approximate surface area is 161 Å². The normalized spacial score (nSPS) is 10.8. The molecule has 4 nitrogen and oxygen atoms in total. The van der Waals surface area contributed by atoms with Crippen LogP contribution in [-0.2, 0) is 11.3 Å². The first kappa shape index (κ1) is 18.2. The molecule has 2 aromatic carbocycles. The molecule has 0 atom stereocenters. The summed E-state index contributed by atoms with van der Waals surface area (Å²) in [5.41, 5.74) is 2.72. The van der Waals surface area contributed by atoms with Crippen LogP contribution in [0.5, 0.6) is 5.75 Å². The van der Waals surface area contributed by atoms with Crippen LogP contribution in [0.15, 0.2) is 60.0 Å². The zero-order valence-electron chi connectivity index (χ0n) is 14.1. The Kier molecular flexibility index (Phi) is 6.04. The number of rotatable bonds is 6. The van der Waals surface area contributed by atoms with Crippen molar-refractivity contribution in [3.8, 4) is 16.3 Å². The molecule has 1 heterocycles. The van der Waals surface area contributed by atoms with E-state index in [9.17, 15) is 4.79 Å². The van der Waals surface area contributed by atoms with Crippen LogP contribution in [0.3, 0.4) is 0 Å². The minimum absolute atomic E-state index is 0.177. The molecule has 0 bridgehead atoms. The van der Waals surface area contributed by atoms with Gasteiger partial charge in [-0.2, -0.15) is 0 Å². The number of amides is 1. The summed E-state index contributed by atoms with van der Waals surface area (Å²) in [7, 11) is 1.64. The van der Waals surface area contributed by atoms with Crippen LogP contribution in [0.2, 0.25) is 5.02 Å². The van der Waals surface area contributed by atoms with Crippen LogP contribution in [0.4, 0.5) is 0 Å². The standard InChI is InChI=1S/C20H17ClN2O2S/c1-25-18-8-5-15(6-9-18)20-23-17(13-26-20)7-10-19(24)22-12-14-3-2-4-16(21)11-14/h2-11,13H,12H2,1H3,(H,22,24). The number of hydrogen-bond acceptors (Lipinski definition) is 4. The van der Waals surface area contributed by atoms with Gasteiger partial charge in [0.25, 0.3) is 0 Å². The second-order valence-corrected chi connectivity index (χ2v) is 6.78. The number of thiazole rings is 1. The molecule has 1 aromatic heterocycles. The first-order valence-electron chi connectivity index (χ1n) is 7.94. The van der Waals surface area contributed by atoms with Gasteiger partial charge < -0.3 is 10.1 Å². The van der Waals surface area contributed by atoms with E-state index in [1.807, 2.05) is 47.8 Å². The number of carbonyl (C=O) groups is 1. The van der Waals surface area contributed by atoms with Gasteiger partial charge in [0.15, 0.2) is 0 Å². The zero-order chi connectivity index (χ0) is 18.4. The smallest absolute Gasteiger partial charge is 0.244 e. The fraction of sp³-hybridized carbons (Fsp3) is 0.100. The molecule has 0 saturated heterocycles. The van der Waals surface area contributed by atoms with Crippen molar-refractivity contribution in [2.24, 2.45) is 0 Å². The van der Waals surface area contributed by atoms with E-state index in [4.69, 9.17) is 16.3 Å². The van der Waals surface area contributed by atoms with E-state index in [1.165, 1.54) is 17.4 Å².